The zero-order valence-corrected chi connectivity index (χ0v) is 11.0. The van der Waals surface area contributed by atoms with Gasteiger partial charge in [-0.25, -0.2) is 0 Å². The van der Waals surface area contributed by atoms with Crippen molar-refractivity contribution in [2.75, 3.05) is 13.6 Å². The van der Waals surface area contributed by atoms with Gasteiger partial charge in [0.1, 0.15) is 0 Å². The van der Waals surface area contributed by atoms with Crippen molar-refractivity contribution in [2.24, 2.45) is 5.73 Å². The summed E-state index contributed by atoms with van der Waals surface area (Å²) in [5, 5.41) is 0. The van der Waals surface area contributed by atoms with Gasteiger partial charge in [0, 0.05) is 20.0 Å². The van der Waals surface area contributed by atoms with Crippen LogP contribution in [-0.4, -0.2) is 29.4 Å². The molecule has 1 aromatic rings. The van der Waals surface area contributed by atoms with E-state index in [1.165, 1.54) is 0 Å². The van der Waals surface area contributed by atoms with Crippen LogP contribution >= 0.6 is 12.2 Å². The number of carbonyl (C=O) groups excluding carboxylic acids is 1. The Morgan fingerprint density at radius 1 is 1.41 bits per heavy atom. The van der Waals surface area contributed by atoms with Gasteiger partial charge >= 0.3 is 0 Å². The summed E-state index contributed by atoms with van der Waals surface area (Å²) in [6.07, 6.45) is 0.569. The highest BCUT2D eigenvalue weighted by Crippen LogP contribution is 2.16. The fourth-order valence-electron chi connectivity index (χ4n) is 1.60. The first-order valence-corrected chi connectivity index (χ1v) is 6.01. The van der Waals surface area contributed by atoms with E-state index in [1.807, 2.05) is 37.3 Å². The summed E-state index contributed by atoms with van der Waals surface area (Å²) in [7, 11) is 1.78. The summed E-state index contributed by atoms with van der Waals surface area (Å²) >= 11 is 4.80. The number of rotatable bonds is 5. The number of nitrogens with zero attached hydrogens (tertiary/aromatic N) is 1. The van der Waals surface area contributed by atoms with E-state index in [-0.39, 0.29) is 11.8 Å². The Labute approximate surface area is 108 Å². The van der Waals surface area contributed by atoms with Crippen molar-refractivity contribution in [1.82, 2.24) is 4.90 Å². The second-order valence-electron chi connectivity index (χ2n) is 4.11. The van der Waals surface area contributed by atoms with Crippen LogP contribution in [0.2, 0.25) is 0 Å². The number of likely N-dealkylation sites (N-methyl/N-ethyl adjacent to an activating group) is 1. The van der Waals surface area contributed by atoms with Gasteiger partial charge in [-0.05, 0) is 12.5 Å². The lowest BCUT2D eigenvalue weighted by molar-refractivity contribution is -0.131. The zero-order chi connectivity index (χ0) is 12.8. The molecule has 1 aromatic carbocycles. The van der Waals surface area contributed by atoms with Crippen LogP contribution in [0.4, 0.5) is 0 Å². The lowest BCUT2D eigenvalue weighted by Crippen LogP contribution is -2.33. The van der Waals surface area contributed by atoms with Crippen LogP contribution in [0.3, 0.4) is 0 Å². The van der Waals surface area contributed by atoms with E-state index < -0.39 is 0 Å². The number of benzene rings is 1. The SMILES string of the molecule is CC(C(=O)N(C)CCC(N)=S)c1ccccc1. The smallest absolute Gasteiger partial charge is 0.229 e. The van der Waals surface area contributed by atoms with Crippen LogP contribution in [-0.2, 0) is 4.79 Å². The van der Waals surface area contributed by atoms with Gasteiger partial charge < -0.3 is 10.6 Å². The highest BCUT2D eigenvalue weighted by atomic mass is 32.1. The number of nitrogens with two attached hydrogens (primary N) is 1. The Balaban J connectivity index is 2.60. The molecule has 0 heterocycles. The standard InChI is InChI=1S/C13H18N2OS/c1-10(11-6-4-3-5-7-11)13(16)15(2)9-8-12(14)17/h3-7,10H,8-9H2,1-2H3,(H2,14,17). The van der Waals surface area contributed by atoms with Crippen LogP contribution in [0.15, 0.2) is 30.3 Å². The maximum Gasteiger partial charge on any atom is 0.229 e. The van der Waals surface area contributed by atoms with Crippen molar-refractivity contribution >= 4 is 23.1 Å². The van der Waals surface area contributed by atoms with Crippen molar-refractivity contribution in [3.8, 4) is 0 Å². The molecule has 0 aromatic heterocycles. The zero-order valence-electron chi connectivity index (χ0n) is 10.2. The van der Waals surface area contributed by atoms with Crippen LogP contribution in [0.5, 0.6) is 0 Å². The average molecular weight is 250 g/mol. The average Bonchev–Trinajstić information content (AvgIpc) is 2.35. The van der Waals surface area contributed by atoms with Gasteiger partial charge in [0.2, 0.25) is 5.91 Å². The van der Waals surface area contributed by atoms with E-state index in [1.54, 1.807) is 11.9 Å². The molecule has 1 unspecified atom stereocenters. The van der Waals surface area contributed by atoms with E-state index in [2.05, 4.69) is 0 Å². The van der Waals surface area contributed by atoms with E-state index in [9.17, 15) is 4.79 Å². The molecular formula is C13H18N2OS. The summed E-state index contributed by atoms with van der Waals surface area (Å²) in [4.78, 5) is 14.2. The molecule has 0 bridgehead atoms. The fraction of sp³-hybridized carbons (Fsp3) is 0.385. The molecule has 1 amide bonds. The molecule has 0 aliphatic heterocycles. The number of hydrogen-bond donors (Lipinski definition) is 1. The van der Waals surface area contributed by atoms with E-state index >= 15 is 0 Å². The Kier molecular flexibility index (Phi) is 5.10. The van der Waals surface area contributed by atoms with Crippen LogP contribution in [0.1, 0.15) is 24.8 Å². The van der Waals surface area contributed by atoms with Gasteiger partial charge in [0.15, 0.2) is 0 Å². The molecule has 1 atom stereocenters. The maximum atomic E-state index is 12.1. The molecule has 3 nitrogen and oxygen atoms in total. The Morgan fingerprint density at radius 2 is 2.00 bits per heavy atom. The highest BCUT2D eigenvalue weighted by molar-refractivity contribution is 7.80. The van der Waals surface area contributed by atoms with Crippen molar-refractivity contribution in [3.63, 3.8) is 0 Å². The predicted molar refractivity (Wildman–Crippen MR) is 73.9 cm³/mol. The third kappa shape index (κ3) is 4.15. The van der Waals surface area contributed by atoms with Gasteiger partial charge in [-0.1, -0.05) is 42.5 Å². The lowest BCUT2D eigenvalue weighted by Gasteiger charge is -2.21. The van der Waals surface area contributed by atoms with Crippen LogP contribution < -0.4 is 5.73 Å². The summed E-state index contributed by atoms with van der Waals surface area (Å²) in [6.45, 7) is 2.49. The molecule has 2 N–H and O–H groups in total. The van der Waals surface area contributed by atoms with Gasteiger partial charge in [-0.2, -0.15) is 0 Å². The van der Waals surface area contributed by atoms with Crippen molar-refractivity contribution in [3.05, 3.63) is 35.9 Å². The number of amides is 1. The molecule has 92 valence electrons. The maximum absolute atomic E-state index is 12.1. The summed E-state index contributed by atoms with van der Waals surface area (Å²) < 4.78 is 0. The molecule has 0 radical (unpaired) electrons. The number of thiocarbonyl (C=S) groups is 1. The predicted octanol–water partition coefficient (Wildman–Crippen LogP) is 1.92. The minimum Gasteiger partial charge on any atom is -0.393 e. The second-order valence-corrected chi connectivity index (χ2v) is 4.63. The van der Waals surface area contributed by atoms with E-state index in [0.717, 1.165) is 5.56 Å². The van der Waals surface area contributed by atoms with Crippen LogP contribution in [0, 0.1) is 0 Å². The molecule has 17 heavy (non-hydrogen) atoms. The first-order valence-electron chi connectivity index (χ1n) is 5.60. The molecule has 0 aliphatic carbocycles. The topological polar surface area (TPSA) is 46.3 Å². The van der Waals surface area contributed by atoms with Gasteiger partial charge in [-0.3, -0.25) is 4.79 Å². The first-order chi connectivity index (χ1) is 8.02. The van der Waals surface area contributed by atoms with Gasteiger partial charge in [0.05, 0.1) is 10.9 Å². The van der Waals surface area contributed by atoms with Crippen LogP contribution in [0.25, 0.3) is 0 Å². The molecule has 0 aliphatic rings. The Bertz CT molecular complexity index is 392. The summed E-state index contributed by atoms with van der Waals surface area (Å²) in [6, 6.07) is 9.74. The van der Waals surface area contributed by atoms with Gasteiger partial charge in [0.25, 0.3) is 0 Å². The summed E-state index contributed by atoms with van der Waals surface area (Å²) in [5.74, 6) is -0.0417. The molecule has 1 rings (SSSR count). The Hall–Kier alpha value is -1.42. The molecule has 4 heteroatoms. The minimum atomic E-state index is -0.132. The first kappa shape index (κ1) is 13.6. The largest absolute Gasteiger partial charge is 0.393 e. The highest BCUT2D eigenvalue weighted by Gasteiger charge is 2.18. The number of hydrogen-bond acceptors (Lipinski definition) is 2. The van der Waals surface area contributed by atoms with Crippen molar-refractivity contribution < 1.29 is 4.79 Å². The van der Waals surface area contributed by atoms with Crippen molar-refractivity contribution in [2.45, 2.75) is 19.3 Å². The number of carbonyl (C=O) groups is 1. The van der Waals surface area contributed by atoms with Gasteiger partial charge in [-0.15, -0.1) is 0 Å². The fourth-order valence-corrected chi connectivity index (χ4v) is 1.69. The monoisotopic (exact) mass is 250 g/mol. The van der Waals surface area contributed by atoms with E-state index in [4.69, 9.17) is 18.0 Å². The lowest BCUT2D eigenvalue weighted by atomic mass is 10.00. The molecule has 0 saturated carbocycles. The second kappa shape index (κ2) is 6.35. The molecule has 0 fully saturated rings. The summed E-state index contributed by atoms with van der Waals surface area (Å²) in [5.41, 5.74) is 6.45. The quantitative estimate of drug-likeness (QED) is 0.812. The van der Waals surface area contributed by atoms with E-state index in [0.29, 0.717) is 18.0 Å². The molecule has 0 saturated heterocycles. The molecular weight excluding hydrogens is 232 g/mol. The molecule has 0 spiro atoms. The van der Waals surface area contributed by atoms with Crippen molar-refractivity contribution in [1.29, 1.82) is 0 Å². The third-order valence-electron chi connectivity index (χ3n) is 2.74. The Morgan fingerprint density at radius 3 is 2.53 bits per heavy atom. The minimum absolute atomic E-state index is 0.0902. The third-order valence-corrected chi connectivity index (χ3v) is 2.94. The normalized spacial score (nSPS) is 11.9.